The fraction of sp³-hybridized carbons (Fsp3) is 0.111. The van der Waals surface area contributed by atoms with E-state index in [1.165, 1.54) is 30.1 Å². The van der Waals surface area contributed by atoms with E-state index in [0.717, 1.165) is 0 Å². The lowest BCUT2D eigenvalue weighted by molar-refractivity contribution is -0.385. The Morgan fingerprint density at radius 2 is 2.33 bits per heavy atom. The second kappa shape index (κ2) is 6.36. The number of nitro benzene ring substituents is 1. The van der Waals surface area contributed by atoms with Gasteiger partial charge in [-0.25, -0.2) is 0 Å². The highest BCUT2D eigenvalue weighted by molar-refractivity contribution is 9.10. The summed E-state index contributed by atoms with van der Waals surface area (Å²) in [6.07, 6.45) is 2.92. The number of halogens is 1. The minimum Gasteiger partial charge on any atom is -0.506 e. The lowest BCUT2D eigenvalue weighted by Gasteiger charge is -2.01. The van der Waals surface area contributed by atoms with Crippen molar-refractivity contribution in [3.63, 3.8) is 0 Å². The molecule has 0 aromatic heterocycles. The molecule has 0 saturated carbocycles. The molecule has 0 atom stereocenters. The van der Waals surface area contributed by atoms with Crippen LogP contribution in [0.4, 0.5) is 5.69 Å². The Morgan fingerprint density at radius 1 is 1.67 bits per heavy atom. The van der Waals surface area contributed by atoms with Crippen LogP contribution in [0, 0.1) is 10.1 Å². The van der Waals surface area contributed by atoms with E-state index >= 15 is 0 Å². The van der Waals surface area contributed by atoms with Crippen LogP contribution in [-0.4, -0.2) is 27.7 Å². The molecule has 0 aliphatic heterocycles. The molecule has 0 spiro atoms. The summed E-state index contributed by atoms with van der Waals surface area (Å²) in [5.74, 6) is -0.151. The van der Waals surface area contributed by atoms with Gasteiger partial charge in [-0.2, -0.15) is 5.10 Å². The maximum absolute atomic E-state index is 10.7. The van der Waals surface area contributed by atoms with Gasteiger partial charge in [0.15, 0.2) is 5.17 Å². The molecule has 9 heteroatoms. The molecule has 0 amide bonds. The van der Waals surface area contributed by atoms with Crippen molar-refractivity contribution in [3.8, 4) is 5.75 Å². The van der Waals surface area contributed by atoms with Gasteiger partial charge in [-0.3, -0.25) is 10.1 Å². The predicted octanol–water partition coefficient (Wildman–Crippen LogP) is 2.07. The van der Waals surface area contributed by atoms with Gasteiger partial charge in [0.1, 0.15) is 5.75 Å². The van der Waals surface area contributed by atoms with Gasteiger partial charge in [0.25, 0.3) is 5.69 Å². The highest BCUT2D eigenvalue weighted by atomic mass is 79.9. The number of aromatic hydroxyl groups is 1. The largest absolute Gasteiger partial charge is 0.506 e. The van der Waals surface area contributed by atoms with E-state index in [2.05, 4.69) is 26.1 Å². The SMILES string of the molecule is CS/C(N)=N\N=Cc1cc([N+](=O)[O-])cc(Br)c1O. The first-order chi connectivity index (χ1) is 8.45. The van der Waals surface area contributed by atoms with Gasteiger partial charge in [-0.1, -0.05) is 11.8 Å². The molecule has 0 radical (unpaired) electrons. The van der Waals surface area contributed by atoms with Crippen molar-refractivity contribution in [2.45, 2.75) is 0 Å². The highest BCUT2D eigenvalue weighted by Gasteiger charge is 2.13. The van der Waals surface area contributed by atoms with E-state index in [9.17, 15) is 15.2 Å². The summed E-state index contributed by atoms with van der Waals surface area (Å²) < 4.78 is 0.208. The van der Waals surface area contributed by atoms with Crippen molar-refractivity contribution in [2.75, 3.05) is 6.26 Å². The zero-order chi connectivity index (χ0) is 13.7. The molecular formula is C9H9BrN4O3S. The van der Waals surface area contributed by atoms with Gasteiger partial charge >= 0.3 is 0 Å². The number of amidine groups is 1. The van der Waals surface area contributed by atoms with Crippen molar-refractivity contribution in [1.82, 2.24) is 0 Å². The highest BCUT2D eigenvalue weighted by Crippen LogP contribution is 2.31. The number of thioether (sulfide) groups is 1. The van der Waals surface area contributed by atoms with Crippen LogP contribution >= 0.6 is 27.7 Å². The molecule has 1 rings (SSSR count). The summed E-state index contributed by atoms with van der Waals surface area (Å²) in [6.45, 7) is 0. The fourth-order valence-electron chi connectivity index (χ4n) is 0.998. The molecule has 0 aliphatic carbocycles. The minimum absolute atomic E-state index is 0.151. The van der Waals surface area contributed by atoms with Crippen LogP contribution in [0.1, 0.15) is 5.56 Å². The monoisotopic (exact) mass is 332 g/mol. The van der Waals surface area contributed by atoms with Crippen molar-refractivity contribution < 1.29 is 10.0 Å². The van der Waals surface area contributed by atoms with Gasteiger partial charge in [-0.15, -0.1) is 5.10 Å². The Balaban J connectivity index is 3.12. The average molecular weight is 333 g/mol. The number of nitro groups is 1. The summed E-state index contributed by atoms with van der Waals surface area (Å²) in [5, 5.41) is 27.8. The number of phenolic OH excluding ortho intramolecular Hbond substituents is 1. The molecule has 96 valence electrons. The van der Waals surface area contributed by atoms with Gasteiger partial charge < -0.3 is 10.8 Å². The molecule has 0 saturated heterocycles. The third-order valence-electron chi connectivity index (χ3n) is 1.85. The van der Waals surface area contributed by atoms with Crippen molar-refractivity contribution in [2.24, 2.45) is 15.9 Å². The van der Waals surface area contributed by atoms with E-state index in [0.29, 0.717) is 0 Å². The van der Waals surface area contributed by atoms with Crippen molar-refractivity contribution in [3.05, 3.63) is 32.3 Å². The first kappa shape index (κ1) is 14.5. The zero-order valence-corrected chi connectivity index (χ0v) is 11.6. The molecule has 0 bridgehead atoms. The van der Waals surface area contributed by atoms with E-state index in [-0.39, 0.29) is 26.6 Å². The van der Waals surface area contributed by atoms with Crippen LogP contribution in [0.25, 0.3) is 0 Å². The quantitative estimate of drug-likeness (QED) is 0.380. The molecule has 18 heavy (non-hydrogen) atoms. The Hall–Kier alpha value is -1.61. The number of hydrogen-bond donors (Lipinski definition) is 2. The Kier molecular flexibility index (Phi) is 5.10. The van der Waals surface area contributed by atoms with E-state index < -0.39 is 4.92 Å². The molecule has 1 aromatic rings. The Morgan fingerprint density at radius 3 is 2.89 bits per heavy atom. The third kappa shape index (κ3) is 3.70. The number of nitrogens with zero attached hydrogens (tertiary/aromatic N) is 3. The number of phenols is 1. The number of non-ortho nitro benzene ring substituents is 1. The standard InChI is InChI=1S/C9H9BrN4O3S/c1-18-9(11)13-12-4-5-2-6(14(16)17)3-7(10)8(5)15/h2-4,15H,1H3,(H2,11,13). The normalized spacial score (nSPS) is 12.0. The van der Waals surface area contributed by atoms with Crippen LogP contribution in [0.15, 0.2) is 26.8 Å². The molecule has 0 aliphatic rings. The van der Waals surface area contributed by atoms with Gasteiger partial charge in [0.2, 0.25) is 0 Å². The Labute approximate surface area is 115 Å². The van der Waals surface area contributed by atoms with Crippen LogP contribution in [0.5, 0.6) is 5.75 Å². The first-order valence-electron chi connectivity index (χ1n) is 4.53. The first-order valence-corrected chi connectivity index (χ1v) is 6.55. The van der Waals surface area contributed by atoms with Crippen LogP contribution in [0.2, 0.25) is 0 Å². The Bertz CT molecular complexity index is 533. The smallest absolute Gasteiger partial charge is 0.271 e. The second-order valence-corrected chi connectivity index (χ2v) is 4.69. The third-order valence-corrected chi connectivity index (χ3v) is 2.96. The fourth-order valence-corrected chi connectivity index (χ4v) is 1.59. The van der Waals surface area contributed by atoms with Crippen LogP contribution < -0.4 is 5.73 Å². The van der Waals surface area contributed by atoms with Crippen LogP contribution in [0.3, 0.4) is 0 Å². The molecule has 0 unspecified atom stereocenters. The lowest BCUT2D eigenvalue weighted by Crippen LogP contribution is -2.04. The average Bonchev–Trinajstić information content (AvgIpc) is 2.33. The molecular weight excluding hydrogens is 324 g/mol. The molecule has 7 nitrogen and oxygen atoms in total. The maximum Gasteiger partial charge on any atom is 0.271 e. The lowest BCUT2D eigenvalue weighted by atomic mass is 10.2. The van der Waals surface area contributed by atoms with Gasteiger partial charge in [0, 0.05) is 17.7 Å². The van der Waals surface area contributed by atoms with E-state index in [1.54, 1.807) is 6.26 Å². The number of rotatable bonds is 3. The zero-order valence-electron chi connectivity index (χ0n) is 9.20. The minimum atomic E-state index is -0.568. The summed E-state index contributed by atoms with van der Waals surface area (Å²) in [7, 11) is 0. The van der Waals surface area contributed by atoms with E-state index in [1.807, 2.05) is 0 Å². The number of benzene rings is 1. The molecule has 0 fully saturated rings. The summed E-state index contributed by atoms with van der Waals surface area (Å²) in [5.41, 5.74) is 5.41. The molecule has 1 aromatic carbocycles. The van der Waals surface area contributed by atoms with E-state index in [4.69, 9.17) is 5.73 Å². The topological polar surface area (TPSA) is 114 Å². The maximum atomic E-state index is 10.7. The second-order valence-electron chi connectivity index (χ2n) is 3.01. The number of hydrogen-bond acceptors (Lipinski definition) is 6. The predicted molar refractivity (Wildman–Crippen MR) is 75.2 cm³/mol. The van der Waals surface area contributed by atoms with Gasteiger partial charge in [-0.05, 0) is 22.2 Å². The van der Waals surface area contributed by atoms with Crippen LogP contribution in [-0.2, 0) is 0 Å². The van der Waals surface area contributed by atoms with Crippen molar-refractivity contribution in [1.29, 1.82) is 0 Å². The molecule has 0 heterocycles. The van der Waals surface area contributed by atoms with Gasteiger partial charge in [0.05, 0.1) is 15.6 Å². The molecule has 3 N–H and O–H groups in total. The number of nitrogens with two attached hydrogens (primary N) is 1. The summed E-state index contributed by atoms with van der Waals surface area (Å²) in [4.78, 5) is 10.1. The summed E-state index contributed by atoms with van der Waals surface area (Å²) >= 11 is 4.23. The summed E-state index contributed by atoms with van der Waals surface area (Å²) in [6, 6.07) is 2.39. The van der Waals surface area contributed by atoms with Crippen molar-refractivity contribution >= 4 is 44.8 Å².